The van der Waals surface area contributed by atoms with Gasteiger partial charge in [0.15, 0.2) is 17.6 Å². The van der Waals surface area contributed by atoms with Crippen molar-refractivity contribution < 1.29 is 19.0 Å². The van der Waals surface area contributed by atoms with Crippen molar-refractivity contribution in [3.05, 3.63) is 66.7 Å². The van der Waals surface area contributed by atoms with E-state index >= 15 is 0 Å². The number of anilines is 1. The maximum Gasteiger partial charge on any atom is 0.268 e. The normalized spacial score (nSPS) is 16.0. The Morgan fingerprint density at radius 3 is 2.70 bits per heavy atom. The fraction of sp³-hybridized carbons (Fsp3) is 0.304. The highest BCUT2D eigenvalue weighted by molar-refractivity contribution is 5.99. The van der Waals surface area contributed by atoms with Gasteiger partial charge in [-0.05, 0) is 31.2 Å². The van der Waals surface area contributed by atoms with Crippen LogP contribution < -0.4 is 19.1 Å². The summed E-state index contributed by atoms with van der Waals surface area (Å²) in [5.41, 5.74) is 1.93. The Kier molecular flexibility index (Phi) is 5.88. The summed E-state index contributed by atoms with van der Waals surface area (Å²) < 4.78 is 19.2. The summed E-state index contributed by atoms with van der Waals surface area (Å²) in [5.74, 6) is 1.89. The molecule has 1 fully saturated rings. The lowest BCUT2D eigenvalue weighted by Gasteiger charge is -2.19. The van der Waals surface area contributed by atoms with Crippen LogP contribution in [-0.4, -0.2) is 41.8 Å². The molecule has 3 aromatic rings. The van der Waals surface area contributed by atoms with Gasteiger partial charge in [0.05, 0.1) is 20.0 Å². The van der Waals surface area contributed by atoms with Crippen molar-refractivity contribution in [3.8, 4) is 17.2 Å². The number of benzene rings is 2. The van der Waals surface area contributed by atoms with E-state index in [4.69, 9.17) is 14.2 Å². The SMILES string of the molecule is COc1cc(N2CCC(Oc3ccc(C)cc3)C2=O)ccc1OCCn1ccnc1. The van der Waals surface area contributed by atoms with Crippen molar-refractivity contribution in [3.63, 3.8) is 0 Å². The van der Waals surface area contributed by atoms with E-state index in [2.05, 4.69) is 4.98 Å². The molecule has 0 saturated carbocycles. The quantitative estimate of drug-likeness (QED) is 0.572. The molecular weight excluding hydrogens is 382 g/mol. The van der Waals surface area contributed by atoms with Crippen molar-refractivity contribution in [1.82, 2.24) is 9.55 Å². The first-order valence-electron chi connectivity index (χ1n) is 9.95. The van der Waals surface area contributed by atoms with E-state index in [9.17, 15) is 4.79 Å². The third-order valence-corrected chi connectivity index (χ3v) is 5.08. The molecule has 0 bridgehead atoms. The van der Waals surface area contributed by atoms with Crippen LogP contribution in [0.2, 0.25) is 0 Å². The summed E-state index contributed by atoms with van der Waals surface area (Å²) >= 11 is 0. The van der Waals surface area contributed by atoms with E-state index in [1.54, 1.807) is 24.5 Å². The summed E-state index contributed by atoms with van der Waals surface area (Å²) in [6.45, 7) is 3.79. The second kappa shape index (κ2) is 8.90. The van der Waals surface area contributed by atoms with Gasteiger partial charge in [0.25, 0.3) is 5.91 Å². The highest BCUT2D eigenvalue weighted by Gasteiger charge is 2.34. The summed E-state index contributed by atoms with van der Waals surface area (Å²) in [6, 6.07) is 13.3. The number of carbonyl (C=O) groups is 1. The first-order chi connectivity index (χ1) is 14.6. The third-order valence-electron chi connectivity index (χ3n) is 5.08. The van der Waals surface area contributed by atoms with Gasteiger partial charge in [-0.1, -0.05) is 17.7 Å². The Labute approximate surface area is 175 Å². The lowest BCUT2D eigenvalue weighted by Crippen LogP contribution is -2.32. The van der Waals surface area contributed by atoms with Crippen LogP contribution in [0.4, 0.5) is 5.69 Å². The number of aromatic nitrogens is 2. The van der Waals surface area contributed by atoms with Crippen molar-refractivity contribution in [2.45, 2.75) is 26.0 Å². The zero-order chi connectivity index (χ0) is 20.9. The van der Waals surface area contributed by atoms with Gasteiger partial charge in [-0.15, -0.1) is 0 Å². The van der Waals surface area contributed by atoms with Crippen LogP contribution in [0.1, 0.15) is 12.0 Å². The van der Waals surface area contributed by atoms with Crippen LogP contribution in [0, 0.1) is 6.92 Å². The molecule has 7 heteroatoms. The van der Waals surface area contributed by atoms with Crippen molar-refractivity contribution in [1.29, 1.82) is 0 Å². The van der Waals surface area contributed by atoms with E-state index in [0.717, 1.165) is 11.3 Å². The molecule has 1 aromatic heterocycles. The fourth-order valence-corrected chi connectivity index (χ4v) is 3.42. The number of carbonyl (C=O) groups excluding carboxylic acids is 1. The van der Waals surface area contributed by atoms with Gasteiger partial charge in [-0.2, -0.15) is 0 Å². The molecule has 1 aliphatic heterocycles. The number of amides is 1. The number of aryl methyl sites for hydroxylation is 1. The van der Waals surface area contributed by atoms with Crippen LogP contribution in [-0.2, 0) is 11.3 Å². The zero-order valence-corrected chi connectivity index (χ0v) is 17.2. The smallest absolute Gasteiger partial charge is 0.268 e. The van der Waals surface area contributed by atoms with E-state index in [1.807, 2.05) is 60.2 Å². The predicted molar refractivity (Wildman–Crippen MR) is 113 cm³/mol. The molecule has 1 unspecified atom stereocenters. The number of methoxy groups -OCH3 is 1. The summed E-state index contributed by atoms with van der Waals surface area (Å²) in [7, 11) is 1.59. The first kappa shape index (κ1) is 19.8. The monoisotopic (exact) mass is 407 g/mol. The first-order valence-corrected chi connectivity index (χ1v) is 9.95. The van der Waals surface area contributed by atoms with Gasteiger partial charge >= 0.3 is 0 Å². The van der Waals surface area contributed by atoms with Gasteiger partial charge in [-0.3, -0.25) is 4.79 Å². The van der Waals surface area contributed by atoms with Crippen molar-refractivity contribution in [2.24, 2.45) is 0 Å². The molecule has 0 aliphatic carbocycles. The topological polar surface area (TPSA) is 65.8 Å². The van der Waals surface area contributed by atoms with Crippen LogP contribution in [0.25, 0.3) is 0 Å². The Balaban J connectivity index is 1.40. The Hall–Kier alpha value is -3.48. The van der Waals surface area contributed by atoms with Crippen LogP contribution in [0.5, 0.6) is 17.2 Å². The Morgan fingerprint density at radius 1 is 1.13 bits per heavy atom. The number of hydrogen-bond donors (Lipinski definition) is 0. The lowest BCUT2D eigenvalue weighted by molar-refractivity contribution is -0.122. The van der Waals surface area contributed by atoms with Gasteiger partial charge in [-0.25, -0.2) is 4.98 Å². The lowest BCUT2D eigenvalue weighted by atomic mass is 10.2. The third kappa shape index (κ3) is 4.40. The highest BCUT2D eigenvalue weighted by Crippen LogP contribution is 2.34. The number of rotatable bonds is 8. The number of imidazole rings is 1. The summed E-state index contributed by atoms with van der Waals surface area (Å²) in [4.78, 5) is 18.6. The molecular formula is C23H25N3O4. The Morgan fingerprint density at radius 2 is 1.97 bits per heavy atom. The van der Waals surface area contributed by atoms with Crippen LogP contribution >= 0.6 is 0 Å². The van der Waals surface area contributed by atoms with Gasteiger partial charge in [0.2, 0.25) is 0 Å². The minimum atomic E-state index is -0.482. The average Bonchev–Trinajstić information content (AvgIpc) is 3.40. The molecule has 7 nitrogen and oxygen atoms in total. The number of ether oxygens (including phenoxy) is 3. The van der Waals surface area contributed by atoms with E-state index in [0.29, 0.717) is 43.4 Å². The highest BCUT2D eigenvalue weighted by atomic mass is 16.5. The van der Waals surface area contributed by atoms with E-state index < -0.39 is 6.10 Å². The molecule has 1 aliphatic rings. The van der Waals surface area contributed by atoms with Gasteiger partial charge in [0, 0.05) is 37.1 Å². The molecule has 1 atom stereocenters. The number of hydrogen-bond acceptors (Lipinski definition) is 5. The van der Waals surface area contributed by atoms with Crippen molar-refractivity contribution >= 4 is 11.6 Å². The predicted octanol–water partition coefficient (Wildman–Crippen LogP) is 3.46. The second-order valence-electron chi connectivity index (χ2n) is 7.18. The molecule has 1 amide bonds. The zero-order valence-electron chi connectivity index (χ0n) is 17.2. The molecule has 1 saturated heterocycles. The largest absolute Gasteiger partial charge is 0.493 e. The molecule has 2 heterocycles. The maximum atomic E-state index is 12.9. The molecule has 30 heavy (non-hydrogen) atoms. The maximum absolute atomic E-state index is 12.9. The Bertz CT molecular complexity index is 986. The average molecular weight is 407 g/mol. The van der Waals surface area contributed by atoms with Crippen LogP contribution in [0.15, 0.2) is 61.2 Å². The minimum absolute atomic E-state index is 0.0496. The molecule has 156 valence electrons. The van der Waals surface area contributed by atoms with Crippen molar-refractivity contribution in [2.75, 3.05) is 25.2 Å². The number of nitrogens with zero attached hydrogens (tertiary/aromatic N) is 3. The summed E-state index contributed by atoms with van der Waals surface area (Å²) in [5, 5.41) is 0. The van der Waals surface area contributed by atoms with Gasteiger partial charge in [0.1, 0.15) is 12.4 Å². The molecule has 0 N–H and O–H groups in total. The molecule has 0 radical (unpaired) electrons. The van der Waals surface area contributed by atoms with Gasteiger partial charge < -0.3 is 23.7 Å². The van der Waals surface area contributed by atoms with E-state index in [-0.39, 0.29) is 5.91 Å². The molecule has 2 aromatic carbocycles. The van der Waals surface area contributed by atoms with Crippen LogP contribution in [0.3, 0.4) is 0 Å². The minimum Gasteiger partial charge on any atom is -0.493 e. The van der Waals surface area contributed by atoms with E-state index in [1.165, 1.54) is 0 Å². The standard InChI is InChI=1S/C23H25N3O4/c1-17-3-6-19(7-4-17)30-21-9-11-26(23(21)27)18-5-8-20(22(15-18)28-2)29-14-13-25-12-10-24-16-25/h3-8,10,12,15-16,21H,9,11,13-14H2,1-2H3. The fourth-order valence-electron chi connectivity index (χ4n) is 3.42. The second-order valence-corrected chi connectivity index (χ2v) is 7.18. The molecule has 4 rings (SSSR count). The summed E-state index contributed by atoms with van der Waals surface area (Å²) in [6.07, 6.45) is 5.52. The molecule has 0 spiro atoms.